The first kappa shape index (κ1) is 14.8. The molecular formula is C13H22O5. The molecule has 0 saturated heterocycles. The molecule has 0 aromatic carbocycles. The zero-order chi connectivity index (χ0) is 13.8. The summed E-state index contributed by atoms with van der Waals surface area (Å²) in [6.07, 6.45) is 2.63. The molecule has 18 heavy (non-hydrogen) atoms. The van der Waals surface area contributed by atoms with E-state index in [-0.39, 0.29) is 12.4 Å². The highest BCUT2D eigenvalue weighted by Crippen LogP contribution is 2.37. The van der Waals surface area contributed by atoms with Gasteiger partial charge in [0.05, 0.1) is 0 Å². The quantitative estimate of drug-likeness (QED) is 0.784. The highest BCUT2D eigenvalue weighted by atomic mass is 16.7. The number of carbonyl (C=O) groups excluding carboxylic acids is 1. The topological polar surface area (TPSA) is 72.8 Å². The average Bonchev–Trinajstić information content (AvgIpc) is 2.60. The minimum Gasteiger partial charge on any atom is -0.460 e. The van der Waals surface area contributed by atoms with Crippen molar-refractivity contribution in [3.05, 3.63) is 0 Å². The molecule has 0 unspecified atom stereocenters. The molecule has 0 aromatic rings. The molecular weight excluding hydrogens is 236 g/mol. The number of esters is 1. The lowest BCUT2D eigenvalue weighted by Gasteiger charge is -2.28. The molecule has 1 aliphatic carbocycles. The second-order valence-electron chi connectivity index (χ2n) is 5.84. The van der Waals surface area contributed by atoms with Crippen molar-refractivity contribution < 1.29 is 24.2 Å². The van der Waals surface area contributed by atoms with E-state index in [4.69, 9.17) is 14.6 Å². The predicted octanol–water partition coefficient (Wildman–Crippen LogP) is 3.12. The Hall–Kier alpha value is -1.26. The van der Waals surface area contributed by atoms with Gasteiger partial charge in [-0.1, -0.05) is 0 Å². The van der Waals surface area contributed by atoms with E-state index in [1.165, 1.54) is 0 Å². The number of hydrogen-bond acceptors (Lipinski definition) is 4. The normalized spacial score (nSPS) is 18.4. The van der Waals surface area contributed by atoms with Gasteiger partial charge in [-0.2, -0.15) is 0 Å². The number of carbonyl (C=O) groups is 2. The molecule has 1 fully saturated rings. The number of rotatable bonds is 4. The van der Waals surface area contributed by atoms with E-state index in [1.54, 1.807) is 0 Å². The maximum atomic E-state index is 11.6. The van der Waals surface area contributed by atoms with Crippen molar-refractivity contribution in [2.24, 2.45) is 0 Å². The van der Waals surface area contributed by atoms with Crippen molar-refractivity contribution in [2.45, 2.75) is 70.5 Å². The van der Waals surface area contributed by atoms with Gasteiger partial charge in [-0.15, -0.1) is 0 Å². The fourth-order valence-corrected chi connectivity index (χ4v) is 2.33. The van der Waals surface area contributed by atoms with E-state index in [2.05, 4.69) is 0 Å². The zero-order valence-electron chi connectivity index (χ0n) is 11.3. The summed E-state index contributed by atoms with van der Waals surface area (Å²) >= 11 is 0. The van der Waals surface area contributed by atoms with Crippen LogP contribution in [0.3, 0.4) is 0 Å². The smallest absolute Gasteiger partial charge is 0.460 e. The largest absolute Gasteiger partial charge is 0.506 e. The molecule has 0 atom stereocenters. The summed E-state index contributed by atoms with van der Waals surface area (Å²) in [5.74, 6) is -0.303. The Balaban J connectivity index is 2.48. The van der Waals surface area contributed by atoms with Crippen LogP contribution in [-0.4, -0.2) is 28.4 Å². The second kappa shape index (κ2) is 5.59. The molecule has 104 valence electrons. The zero-order valence-corrected chi connectivity index (χ0v) is 11.3. The molecule has 1 rings (SSSR count). The summed E-state index contributed by atoms with van der Waals surface area (Å²) in [4.78, 5) is 22.3. The van der Waals surface area contributed by atoms with Gasteiger partial charge in [-0.05, 0) is 52.9 Å². The van der Waals surface area contributed by atoms with Crippen molar-refractivity contribution >= 4 is 12.1 Å². The van der Waals surface area contributed by atoms with Gasteiger partial charge in [0.25, 0.3) is 0 Å². The first-order valence-corrected chi connectivity index (χ1v) is 6.36. The number of ether oxygens (including phenoxy) is 2. The Morgan fingerprint density at radius 3 is 2.22 bits per heavy atom. The van der Waals surface area contributed by atoms with Crippen molar-refractivity contribution in [3.8, 4) is 0 Å². The number of carboxylic acid groups (broad SMARTS) is 1. The van der Waals surface area contributed by atoms with Gasteiger partial charge in [0.2, 0.25) is 0 Å². The third-order valence-corrected chi connectivity index (χ3v) is 3.02. The Kier molecular flexibility index (Phi) is 4.59. The van der Waals surface area contributed by atoms with Crippen molar-refractivity contribution in [2.75, 3.05) is 0 Å². The molecule has 0 amide bonds. The summed E-state index contributed by atoms with van der Waals surface area (Å²) < 4.78 is 10.2. The van der Waals surface area contributed by atoms with Gasteiger partial charge >= 0.3 is 12.1 Å². The first-order valence-electron chi connectivity index (χ1n) is 6.36. The van der Waals surface area contributed by atoms with Crippen LogP contribution < -0.4 is 0 Å². The molecule has 1 saturated carbocycles. The van der Waals surface area contributed by atoms with E-state index in [9.17, 15) is 9.59 Å². The van der Waals surface area contributed by atoms with Crippen LogP contribution in [0.5, 0.6) is 0 Å². The summed E-state index contributed by atoms with van der Waals surface area (Å²) in [5.41, 5.74) is -1.18. The van der Waals surface area contributed by atoms with E-state index in [0.29, 0.717) is 19.3 Å². The van der Waals surface area contributed by atoms with Crippen molar-refractivity contribution in [1.82, 2.24) is 0 Å². The third kappa shape index (κ3) is 4.94. The van der Waals surface area contributed by atoms with Crippen LogP contribution in [0, 0.1) is 0 Å². The minimum atomic E-state index is -1.26. The Labute approximate surface area is 107 Å². The molecule has 0 spiro atoms. The van der Waals surface area contributed by atoms with Crippen molar-refractivity contribution in [3.63, 3.8) is 0 Å². The fourth-order valence-electron chi connectivity index (χ4n) is 2.33. The average molecular weight is 258 g/mol. The summed E-state index contributed by atoms with van der Waals surface area (Å²) in [5, 5.41) is 8.75. The van der Waals surface area contributed by atoms with Gasteiger partial charge in [0.1, 0.15) is 11.2 Å². The minimum absolute atomic E-state index is 0.199. The standard InChI is InChI=1S/C13H22O5/c1-12(2,3)17-10(14)6-9-13(18-11(15)16)7-4-5-8-13/h4-9H2,1-3H3,(H,15,16). The maximum absolute atomic E-state index is 11.6. The summed E-state index contributed by atoms with van der Waals surface area (Å²) in [6, 6.07) is 0. The SMILES string of the molecule is CC(C)(C)OC(=O)CCC1(OC(=O)O)CCCC1. The molecule has 5 nitrogen and oxygen atoms in total. The van der Waals surface area contributed by atoms with E-state index in [1.807, 2.05) is 20.8 Å². The van der Waals surface area contributed by atoms with Gasteiger partial charge in [-0.3, -0.25) is 4.79 Å². The highest BCUT2D eigenvalue weighted by Gasteiger charge is 2.38. The lowest BCUT2D eigenvalue weighted by molar-refractivity contribution is -0.156. The van der Waals surface area contributed by atoms with Crippen LogP contribution in [0.1, 0.15) is 59.3 Å². The van der Waals surface area contributed by atoms with Crippen molar-refractivity contribution in [1.29, 1.82) is 0 Å². The monoisotopic (exact) mass is 258 g/mol. The molecule has 1 N–H and O–H groups in total. The highest BCUT2D eigenvalue weighted by molar-refractivity contribution is 5.70. The Bertz CT molecular complexity index is 310. The lowest BCUT2D eigenvalue weighted by atomic mass is 9.95. The lowest BCUT2D eigenvalue weighted by Crippen LogP contribution is -2.33. The van der Waals surface area contributed by atoms with Gasteiger partial charge in [-0.25, -0.2) is 4.79 Å². The fraction of sp³-hybridized carbons (Fsp3) is 0.846. The van der Waals surface area contributed by atoms with Gasteiger partial charge in [0.15, 0.2) is 0 Å². The van der Waals surface area contributed by atoms with E-state index >= 15 is 0 Å². The predicted molar refractivity (Wildman–Crippen MR) is 65.4 cm³/mol. The van der Waals surface area contributed by atoms with E-state index in [0.717, 1.165) is 12.8 Å². The molecule has 0 aromatic heterocycles. The molecule has 1 aliphatic rings. The second-order valence-corrected chi connectivity index (χ2v) is 5.84. The summed E-state index contributed by atoms with van der Waals surface area (Å²) in [7, 11) is 0. The van der Waals surface area contributed by atoms with Crippen LogP contribution in [0.2, 0.25) is 0 Å². The van der Waals surface area contributed by atoms with Crippen LogP contribution >= 0.6 is 0 Å². The molecule has 0 heterocycles. The molecule has 0 bridgehead atoms. The van der Waals surface area contributed by atoms with Gasteiger partial charge < -0.3 is 14.6 Å². The van der Waals surface area contributed by atoms with Gasteiger partial charge in [0, 0.05) is 6.42 Å². The molecule has 5 heteroatoms. The van der Waals surface area contributed by atoms with Crippen LogP contribution in [0.25, 0.3) is 0 Å². The van der Waals surface area contributed by atoms with Crippen LogP contribution in [0.15, 0.2) is 0 Å². The first-order chi connectivity index (χ1) is 8.22. The third-order valence-electron chi connectivity index (χ3n) is 3.02. The maximum Gasteiger partial charge on any atom is 0.506 e. The van der Waals surface area contributed by atoms with E-state index < -0.39 is 17.4 Å². The van der Waals surface area contributed by atoms with Crippen LogP contribution in [-0.2, 0) is 14.3 Å². The summed E-state index contributed by atoms with van der Waals surface area (Å²) in [6.45, 7) is 5.43. The number of hydrogen-bond donors (Lipinski definition) is 1. The Morgan fingerprint density at radius 2 is 1.78 bits per heavy atom. The Morgan fingerprint density at radius 1 is 1.22 bits per heavy atom. The molecule has 0 aliphatic heterocycles. The molecule has 0 radical (unpaired) electrons. The van der Waals surface area contributed by atoms with Crippen LogP contribution in [0.4, 0.5) is 4.79 Å².